The predicted molar refractivity (Wildman–Crippen MR) is 45.2 cm³/mol. The third kappa shape index (κ3) is 71.0. The van der Waals surface area contributed by atoms with Gasteiger partial charge in [-0.25, -0.2) is 0 Å². The van der Waals surface area contributed by atoms with E-state index >= 15 is 0 Å². The molecule has 0 spiro atoms. The minimum Gasteiger partial charge on any atom is -0.329 e. The van der Waals surface area contributed by atoms with Gasteiger partial charge in [0, 0.05) is 43.2 Å². The molecule has 0 fully saturated rings. The van der Waals surface area contributed by atoms with Gasteiger partial charge in [-0.2, -0.15) is 8.42 Å². The Bertz CT molecular complexity index is 162. The van der Waals surface area contributed by atoms with Crippen molar-refractivity contribution in [3.8, 4) is 0 Å². The standard InChI is InChI=1S/C4H13N3.Cu.H2O4S/c5-1-3-7-4-2-6;;1-5(2,3)4/h7H,1-6H2;;(H2,1,2,3,4). The summed E-state index contributed by atoms with van der Waals surface area (Å²) < 4.78 is 31.6. The van der Waals surface area contributed by atoms with Crippen molar-refractivity contribution in [3.05, 3.63) is 0 Å². The second-order valence-electron chi connectivity index (χ2n) is 1.78. The molecule has 0 aliphatic rings. The molecule has 0 aromatic rings. The minimum atomic E-state index is -4.67. The van der Waals surface area contributed by atoms with E-state index in [0.29, 0.717) is 13.1 Å². The molecule has 7 N–H and O–H groups in total. The Balaban J connectivity index is -0.000000150. The first-order valence-electron chi connectivity index (χ1n) is 3.22. The van der Waals surface area contributed by atoms with E-state index in [1.807, 2.05) is 0 Å². The summed E-state index contributed by atoms with van der Waals surface area (Å²) in [6.07, 6.45) is 0. The van der Waals surface area contributed by atoms with Crippen LogP contribution in [0.25, 0.3) is 0 Å². The van der Waals surface area contributed by atoms with Gasteiger partial charge >= 0.3 is 10.4 Å². The molecule has 0 aliphatic carbocycles. The molecule has 0 heterocycles. The van der Waals surface area contributed by atoms with Gasteiger partial charge in [-0.1, -0.05) is 0 Å². The average molecular weight is 265 g/mol. The largest absolute Gasteiger partial charge is 0.394 e. The fourth-order valence-electron chi connectivity index (χ4n) is 0.329. The van der Waals surface area contributed by atoms with E-state index < -0.39 is 10.4 Å². The van der Waals surface area contributed by atoms with Gasteiger partial charge in [0.05, 0.1) is 0 Å². The molecule has 0 bridgehead atoms. The Labute approximate surface area is 88.3 Å². The van der Waals surface area contributed by atoms with Crippen LogP contribution < -0.4 is 16.8 Å². The van der Waals surface area contributed by atoms with Crippen LogP contribution in [0.3, 0.4) is 0 Å². The molecule has 7 nitrogen and oxygen atoms in total. The second kappa shape index (κ2) is 12.3. The molecule has 0 atom stereocenters. The van der Waals surface area contributed by atoms with E-state index in [9.17, 15) is 0 Å². The Morgan fingerprint density at radius 2 is 1.31 bits per heavy atom. The zero-order valence-corrected chi connectivity index (χ0v) is 8.66. The van der Waals surface area contributed by atoms with Crippen LogP contribution in [0.2, 0.25) is 0 Å². The van der Waals surface area contributed by atoms with Crippen LogP contribution in [-0.2, 0) is 27.5 Å². The first kappa shape index (κ1) is 18.9. The van der Waals surface area contributed by atoms with Crippen LogP contribution in [0.4, 0.5) is 0 Å². The first-order valence-corrected chi connectivity index (χ1v) is 4.62. The number of nitrogens with one attached hydrogen (secondary N) is 1. The molecule has 0 rings (SSSR count). The topological polar surface area (TPSA) is 139 Å². The number of nitrogens with two attached hydrogens (primary N) is 2. The average Bonchev–Trinajstić information content (AvgIpc) is 1.85. The van der Waals surface area contributed by atoms with Crippen LogP contribution in [0, 0.1) is 0 Å². The summed E-state index contributed by atoms with van der Waals surface area (Å²) in [5.74, 6) is 0. The molecule has 0 saturated carbocycles. The zero-order chi connectivity index (χ0) is 10.0. The normalized spacial score (nSPS) is 9.54. The molecule has 0 aromatic heterocycles. The maximum Gasteiger partial charge on any atom is 0.394 e. The Hall–Kier alpha value is 0.269. The van der Waals surface area contributed by atoms with Crippen molar-refractivity contribution in [3.63, 3.8) is 0 Å². The molecular weight excluding hydrogens is 250 g/mol. The summed E-state index contributed by atoms with van der Waals surface area (Å²) in [6.45, 7) is 3.13. The van der Waals surface area contributed by atoms with Crippen LogP contribution in [0.1, 0.15) is 0 Å². The van der Waals surface area contributed by atoms with Crippen LogP contribution >= 0.6 is 0 Å². The predicted octanol–water partition coefficient (Wildman–Crippen LogP) is -2.16. The molecule has 0 saturated heterocycles. The summed E-state index contributed by atoms with van der Waals surface area (Å²) in [6, 6.07) is 0. The van der Waals surface area contributed by atoms with Gasteiger partial charge < -0.3 is 16.8 Å². The third-order valence-corrected chi connectivity index (χ3v) is 0.642. The summed E-state index contributed by atoms with van der Waals surface area (Å²) in [7, 11) is -4.67. The maximum absolute atomic E-state index is 8.74. The Morgan fingerprint density at radius 1 is 1.08 bits per heavy atom. The van der Waals surface area contributed by atoms with Crippen LogP contribution in [0.5, 0.6) is 0 Å². The molecule has 0 unspecified atom stereocenters. The van der Waals surface area contributed by atoms with E-state index in [-0.39, 0.29) is 17.1 Å². The molecule has 0 aliphatic heterocycles. The van der Waals surface area contributed by atoms with Gasteiger partial charge in [-0.15, -0.1) is 0 Å². The molecule has 87 valence electrons. The van der Waals surface area contributed by atoms with Gasteiger partial charge in [0.25, 0.3) is 0 Å². The van der Waals surface area contributed by atoms with Crippen molar-refractivity contribution in [2.75, 3.05) is 26.2 Å². The van der Waals surface area contributed by atoms with Gasteiger partial charge in [-0.3, -0.25) is 9.11 Å². The molecule has 0 amide bonds. The summed E-state index contributed by atoms with van der Waals surface area (Å²) in [4.78, 5) is 0. The fourth-order valence-corrected chi connectivity index (χ4v) is 0.329. The molecule has 0 aromatic carbocycles. The minimum absolute atomic E-state index is 0. The smallest absolute Gasteiger partial charge is 0.329 e. The van der Waals surface area contributed by atoms with E-state index in [0.717, 1.165) is 13.1 Å². The van der Waals surface area contributed by atoms with Crippen molar-refractivity contribution in [1.82, 2.24) is 5.32 Å². The molecule has 9 heteroatoms. The zero-order valence-electron chi connectivity index (χ0n) is 6.90. The van der Waals surface area contributed by atoms with Crippen molar-refractivity contribution >= 4 is 10.4 Å². The number of rotatable bonds is 4. The van der Waals surface area contributed by atoms with Gasteiger partial charge in [0.2, 0.25) is 0 Å². The van der Waals surface area contributed by atoms with Gasteiger partial charge in [-0.05, 0) is 0 Å². The van der Waals surface area contributed by atoms with Crippen molar-refractivity contribution in [2.45, 2.75) is 0 Å². The fraction of sp³-hybridized carbons (Fsp3) is 1.00. The third-order valence-electron chi connectivity index (χ3n) is 0.642. The number of hydrogen-bond donors (Lipinski definition) is 5. The maximum atomic E-state index is 8.74. The summed E-state index contributed by atoms with van der Waals surface area (Å²) >= 11 is 0. The van der Waals surface area contributed by atoms with Crippen molar-refractivity contribution in [1.29, 1.82) is 0 Å². The molecule has 1 radical (unpaired) electrons. The van der Waals surface area contributed by atoms with E-state index in [4.69, 9.17) is 29.0 Å². The molecular formula is C4H15CuN3O4S. The monoisotopic (exact) mass is 264 g/mol. The Kier molecular flexibility index (Phi) is 17.9. The second-order valence-corrected chi connectivity index (χ2v) is 2.67. The van der Waals surface area contributed by atoms with Gasteiger partial charge in [0.1, 0.15) is 0 Å². The summed E-state index contributed by atoms with van der Waals surface area (Å²) in [5, 5.41) is 3.03. The SMILES string of the molecule is NCCNCCN.O=S(=O)(O)O.[Cu]. The van der Waals surface area contributed by atoms with E-state index in [1.165, 1.54) is 0 Å². The van der Waals surface area contributed by atoms with Crippen LogP contribution in [-0.4, -0.2) is 43.7 Å². The number of hydrogen-bond acceptors (Lipinski definition) is 5. The van der Waals surface area contributed by atoms with Crippen molar-refractivity contribution < 1.29 is 34.6 Å². The van der Waals surface area contributed by atoms with Crippen LogP contribution in [0.15, 0.2) is 0 Å². The Morgan fingerprint density at radius 3 is 1.46 bits per heavy atom. The van der Waals surface area contributed by atoms with E-state index in [1.54, 1.807) is 0 Å². The van der Waals surface area contributed by atoms with Gasteiger partial charge in [0.15, 0.2) is 0 Å². The van der Waals surface area contributed by atoms with E-state index in [2.05, 4.69) is 5.32 Å². The quantitative estimate of drug-likeness (QED) is 0.221. The first-order chi connectivity index (χ1) is 5.41. The van der Waals surface area contributed by atoms with Crippen molar-refractivity contribution in [2.24, 2.45) is 11.5 Å². The molecule has 13 heavy (non-hydrogen) atoms. The summed E-state index contributed by atoms with van der Waals surface area (Å²) in [5.41, 5.74) is 10.3.